The van der Waals surface area contributed by atoms with E-state index in [4.69, 9.17) is 0 Å². The molecule has 0 aromatic carbocycles. The Morgan fingerprint density at radius 1 is 1.25 bits per heavy atom. The molecule has 1 saturated heterocycles. The lowest BCUT2D eigenvalue weighted by Gasteiger charge is -2.30. The maximum Gasteiger partial charge on any atom is 0.274 e. The number of H-pyrrole nitrogens is 1. The second kappa shape index (κ2) is 9.43. The first-order valence-electron chi connectivity index (χ1n) is 9.93. The third-order valence-electron chi connectivity index (χ3n) is 5.17. The van der Waals surface area contributed by atoms with Crippen LogP contribution in [0.1, 0.15) is 61.3 Å². The van der Waals surface area contributed by atoms with E-state index in [9.17, 15) is 9.59 Å². The number of nitrogens with zero attached hydrogens (tertiary/aromatic N) is 5. The van der Waals surface area contributed by atoms with Gasteiger partial charge in [-0.3, -0.25) is 14.7 Å². The van der Waals surface area contributed by atoms with Crippen molar-refractivity contribution in [1.29, 1.82) is 0 Å². The molecule has 0 spiro atoms. The van der Waals surface area contributed by atoms with Gasteiger partial charge in [-0.1, -0.05) is 13.3 Å². The zero-order chi connectivity index (χ0) is 19.9. The van der Waals surface area contributed by atoms with Crippen molar-refractivity contribution in [2.75, 3.05) is 13.1 Å². The summed E-state index contributed by atoms with van der Waals surface area (Å²) < 4.78 is 0. The van der Waals surface area contributed by atoms with Crippen LogP contribution in [-0.4, -0.2) is 60.9 Å². The fourth-order valence-electron chi connectivity index (χ4n) is 3.73. The summed E-state index contributed by atoms with van der Waals surface area (Å²) >= 11 is 0. The molecule has 0 bridgehead atoms. The molecule has 1 fully saturated rings. The molecule has 1 N–H and O–H groups in total. The Bertz CT molecular complexity index is 791. The van der Waals surface area contributed by atoms with E-state index in [0.29, 0.717) is 25.3 Å². The minimum Gasteiger partial charge on any atom is -0.337 e. The van der Waals surface area contributed by atoms with Crippen LogP contribution in [0.15, 0.2) is 24.8 Å². The Labute approximate surface area is 165 Å². The Morgan fingerprint density at radius 2 is 2.04 bits per heavy atom. The van der Waals surface area contributed by atoms with Gasteiger partial charge in [0.1, 0.15) is 12.0 Å². The van der Waals surface area contributed by atoms with Crippen molar-refractivity contribution in [2.24, 2.45) is 0 Å². The predicted octanol–water partition coefficient (Wildman–Crippen LogP) is 2.20. The lowest BCUT2D eigenvalue weighted by Crippen LogP contribution is -2.39. The standard InChI is InChI=1S/C20H28N6O2/c1-3-5-17-10-19(24-23-17)20(28)25-8-4-6-18(7-9-25)26(15(2)27)13-16-11-21-14-22-12-16/h10-12,14,18H,3-9,13H2,1-2H3,(H,23,24). The second-order valence-corrected chi connectivity index (χ2v) is 7.30. The molecule has 150 valence electrons. The van der Waals surface area contributed by atoms with Crippen molar-refractivity contribution in [3.05, 3.63) is 41.7 Å². The van der Waals surface area contributed by atoms with Crippen molar-refractivity contribution in [3.63, 3.8) is 0 Å². The SMILES string of the molecule is CCCc1cc(C(=O)N2CCCC(N(Cc3cncnc3)C(C)=O)CC2)n[nH]1. The number of amides is 2. The fourth-order valence-corrected chi connectivity index (χ4v) is 3.73. The molecule has 2 amide bonds. The summed E-state index contributed by atoms with van der Waals surface area (Å²) in [5.74, 6) is -0.00442. The number of carbonyl (C=O) groups is 2. The molecule has 0 radical (unpaired) electrons. The highest BCUT2D eigenvalue weighted by Crippen LogP contribution is 2.20. The fraction of sp³-hybridized carbons (Fsp3) is 0.550. The minimum absolute atomic E-state index is 0.0325. The van der Waals surface area contributed by atoms with Crippen molar-refractivity contribution in [3.8, 4) is 0 Å². The van der Waals surface area contributed by atoms with Gasteiger partial charge in [0.05, 0.1) is 0 Å². The third-order valence-corrected chi connectivity index (χ3v) is 5.17. The molecule has 8 heteroatoms. The summed E-state index contributed by atoms with van der Waals surface area (Å²) in [5.41, 5.74) is 2.38. The summed E-state index contributed by atoms with van der Waals surface area (Å²) in [6.45, 7) is 5.49. The predicted molar refractivity (Wildman–Crippen MR) is 104 cm³/mol. The Morgan fingerprint density at radius 3 is 2.75 bits per heavy atom. The monoisotopic (exact) mass is 384 g/mol. The van der Waals surface area contributed by atoms with E-state index in [1.54, 1.807) is 19.3 Å². The highest BCUT2D eigenvalue weighted by molar-refractivity contribution is 5.92. The van der Waals surface area contributed by atoms with Crippen molar-refractivity contribution in [2.45, 2.75) is 58.5 Å². The van der Waals surface area contributed by atoms with E-state index < -0.39 is 0 Å². The van der Waals surface area contributed by atoms with Crippen LogP contribution in [-0.2, 0) is 17.8 Å². The number of likely N-dealkylation sites (tertiary alicyclic amines) is 1. The van der Waals surface area contributed by atoms with E-state index in [1.807, 2.05) is 15.9 Å². The van der Waals surface area contributed by atoms with E-state index in [-0.39, 0.29) is 17.9 Å². The number of aryl methyl sites for hydroxylation is 1. The van der Waals surface area contributed by atoms with Gasteiger partial charge in [-0.05, 0) is 31.7 Å². The lowest BCUT2D eigenvalue weighted by molar-refractivity contribution is -0.132. The number of carbonyl (C=O) groups excluding carboxylic acids is 2. The van der Waals surface area contributed by atoms with E-state index >= 15 is 0 Å². The van der Waals surface area contributed by atoms with Crippen LogP contribution in [0.4, 0.5) is 0 Å². The molecule has 2 aromatic heterocycles. The molecule has 1 aliphatic rings. The topological polar surface area (TPSA) is 95.1 Å². The quantitative estimate of drug-likeness (QED) is 0.824. The van der Waals surface area contributed by atoms with Gasteiger partial charge in [-0.25, -0.2) is 9.97 Å². The van der Waals surface area contributed by atoms with E-state index in [1.165, 1.54) is 6.33 Å². The summed E-state index contributed by atoms with van der Waals surface area (Å²) in [4.78, 5) is 36.9. The molecule has 2 aromatic rings. The smallest absolute Gasteiger partial charge is 0.274 e. The summed E-state index contributed by atoms with van der Waals surface area (Å²) in [6.07, 6.45) is 9.34. The van der Waals surface area contributed by atoms with Gasteiger partial charge in [-0.2, -0.15) is 5.10 Å². The highest BCUT2D eigenvalue weighted by Gasteiger charge is 2.27. The molecule has 0 saturated carbocycles. The van der Waals surface area contributed by atoms with Crippen molar-refractivity contribution >= 4 is 11.8 Å². The number of nitrogens with one attached hydrogen (secondary N) is 1. The molecular weight excluding hydrogens is 356 g/mol. The Kier molecular flexibility index (Phi) is 6.73. The molecule has 3 rings (SSSR count). The van der Waals surface area contributed by atoms with E-state index in [0.717, 1.165) is 43.4 Å². The Hall–Kier alpha value is -2.77. The molecular formula is C20H28N6O2. The average Bonchev–Trinajstić information content (AvgIpc) is 3.03. The maximum absolute atomic E-state index is 12.8. The molecule has 3 heterocycles. The molecule has 1 aliphatic heterocycles. The van der Waals surface area contributed by atoms with Crippen LogP contribution in [0.2, 0.25) is 0 Å². The minimum atomic E-state index is -0.0370. The third kappa shape index (κ3) is 4.94. The number of aromatic amines is 1. The van der Waals surface area contributed by atoms with Crippen LogP contribution in [0.5, 0.6) is 0 Å². The zero-order valence-electron chi connectivity index (χ0n) is 16.6. The molecule has 0 aliphatic carbocycles. The molecule has 1 atom stereocenters. The summed E-state index contributed by atoms with van der Waals surface area (Å²) in [6, 6.07) is 1.95. The number of aromatic nitrogens is 4. The first-order chi connectivity index (χ1) is 13.6. The zero-order valence-corrected chi connectivity index (χ0v) is 16.6. The largest absolute Gasteiger partial charge is 0.337 e. The van der Waals surface area contributed by atoms with Gasteiger partial charge in [0.15, 0.2) is 0 Å². The normalized spacial score (nSPS) is 17.2. The van der Waals surface area contributed by atoms with Crippen LogP contribution in [0.3, 0.4) is 0 Å². The van der Waals surface area contributed by atoms with Gasteiger partial charge in [0.25, 0.3) is 5.91 Å². The molecule has 1 unspecified atom stereocenters. The van der Waals surface area contributed by atoms with Gasteiger partial charge in [0.2, 0.25) is 5.91 Å². The Balaban J connectivity index is 1.64. The summed E-state index contributed by atoms with van der Waals surface area (Å²) in [5, 5.41) is 7.13. The van der Waals surface area contributed by atoms with Crippen LogP contribution < -0.4 is 0 Å². The van der Waals surface area contributed by atoms with Crippen LogP contribution >= 0.6 is 0 Å². The molecule has 28 heavy (non-hydrogen) atoms. The highest BCUT2D eigenvalue weighted by atomic mass is 16.2. The molecule has 8 nitrogen and oxygen atoms in total. The average molecular weight is 384 g/mol. The number of rotatable bonds is 6. The van der Waals surface area contributed by atoms with Crippen LogP contribution in [0, 0.1) is 0 Å². The first kappa shape index (κ1) is 20.0. The van der Waals surface area contributed by atoms with Crippen molar-refractivity contribution in [1.82, 2.24) is 30.0 Å². The lowest BCUT2D eigenvalue weighted by atomic mass is 10.1. The second-order valence-electron chi connectivity index (χ2n) is 7.30. The summed E-state index contributed by atoms with van der Waals surface area (Å²) in [7, 11) is 0. The van der Waals surface area contributed by atoms with Gasteiger partial charge in [0, 0.05) is 56.3 Å². The van der Waals surface area contributed by atoms with Crippen molar-refractivity contribution < 1.29 is 9.59 Å². The van der Waals surface area contributed by atoms with Gasteiger partial charge < -0.3 is 9.80 Å². The van der Waals surface area contributed by atoms with Gasteiger partial charge >= 0.3 is 0 Å². The number of hydrogen-bond donors (Lipinski definition) is 1. The van der Waals surface area contributed by atoms with Crippen LogP contribution in [0.25, 0.3) is 0 Å². The number of hydrogen-bond acceptors (Lipinski definition) is 5. The first-order valence-corrected chi connectivity index (χ1v) is 9.93. The van der Waals surface area contributed by atoms with E-state index in [2.05, 4.69) is 27.1 Å². The van der Waals surface area contributed by atoms with Gasteiger partial charge in [-0.15, -0.1) is 0 Å². The maximum atomic E-state index is 12.8.